The normalized spacial score (nSPS) is 11.6. The summed E-state index contributed by atoms with van der Waals surface area (Å²) in [4.78, 5) is 0. The van der Waals surface area contributed by atoms with Gasteiger partial charge in [0.1, 0.15) is 0 Å². The van der Waals surface area contributed by atoms with Crippen molar-refractivity contribution < 1.29 is 1.37 Å². The highest BCUT2D eigenvalue weighted by Crippen LogP contribution is 1.99. The average Bonchev–Trinajstić information content (AvgIpc) is 2.54. The highest BCUT2D eigenvalue weighted by Gasteiger charge is 1.96. The van der Waals surface area contributed by atoms with E-state index in [-0.39, 0.29) is 0 Å². The van der Waals surface area contributed by atoms with Crippen molar-refractivity contribution in [3.63, 3.8) is 0 Å². The molecule has 0 fully saturated rings. The summed E-state index contributed by atoms with van der Waals surface area (Å²) in [5.74, 6) is 0. The molecule has 3 heteroatoms. The molecule has 1 aromatic heterocycles. The van der Waals surface area contributed by atoms with Gasteiger partial charge in [0.2, 0.25) is 0 Å². The van der Waals surface area contributed by atoms with E-state index in [0.717, 1.165) is 12.2 Å². The summed E-state index contributed by atoms with van der Waals surface area (Å²) < 4.78 is 8.92. The minimum absolute atomic E-state index is 0.396. The quantitative estimate of drug-likeness (QED) is 0.631. The van der Waals surface area contributed by atoms with E-state index in [9.17, 15) is 0 Å². The van der Waals surface area contributed by atoms with Crippen LogP contribution in [0, 0.1) is 0 Å². The first-order chi connectivity index (χ1) is 6.36. The third kappa shape index (κ3) is 2.64. The third-order valence-corrected chi connectivity index (χ3v) is 1.83. The van der Waals surface area contributed by atoms with Crippen LogP contribution in [-0.4, -0.2) is 15.0 Å². The SMILES string of the molecule is [3H]CCc1cn(CCCCC)nn1. The van der Waals surface area contributed by atoms with Crippen LogP contribution in [0.3, 0.4) is 0 Å². The van der Waals surface area contributed by atoms with Crippen LogP contribution in [0.1, 0.15) is 40.2 Å². The predicted molar refractivity (Wildman–Crippen MR) is 48.9 cm³/mol. The van der Waals surface area contributed by atoms with Crippen LogP contribution in [0.4, 0.5) is 0 Å². The highest BCUT2D eigenvalue weighted by atomic mass is 15.4. The van der Waals surface area contributed by atoms with Gasteiger partial charge in [0, 0.05) is 14.1 Å². The number of hydrogen-bond donors (Lipinski definition) is 0. The van der Waals surface area contributed by atoms with E-state index < -0.39 is 0 Å². The van der Waals surface area contributed by atoms with Gasteiger partial charge in [-0.15, -0.1) is 5.10 Å². The van der Waals surface area contributed by atoms with Crippen LogP contribution in [0.25, 0.3) is 0 Å². The van der Waals surface area contributed by atoms with Gasteiger partial charge in [-0.1, -0.05) is 31.9 Å². The Morgan fingerprint density at radius 3 is 3.25 bits per heavy atom. The summed E-state index contributed by atoms with van der Waals surface area (Å²) in [6, 6.07) is 0. The minimum Gasteiger partial charge on any atom is -0.252 e. The first-order valence-corrected chi connectivity index (χ1v) is 4.55. The van der Waals surface area contributed by atoms with E-state index in [1.807, 2.05) is 10.9 Å². The Morgan fingerprint density at radius 2 is 2.50 bits per heavy atom. The number of hydrogen-bond acceptors (Lipinski definition) is 2. The van der Waals surface area contributed by atoms with Gasteiger partial charge in [-0.05, 0) is 12.8 Å². The fourth-order valence-corrected chi connectivity index (χ4v) is 1.09. The highest BCUT2D eigenvalue weighted by molar-refractivity contribution is 4.90. The van der Waals surface area contributed by atoms with Gasteiger partial charge in [-0.3, -0.25) is 4.68 Å². The Kier molecular flexibility index (Phi) is 3.18. The number of aromatic nitrogens is 3. The maximum absolute atomic E-state index is 7.04. The molecule has 0 aromatic carbocycles. The van der Waals surface area contributed by atoms with Crippen molar-refractivity contribution in [1.29, 1.82) is 0 Å². The van der Waals surface area contributed by atoms with Crippen LogP contribution < -0.4 is 0 Å². The number of nitrogens with zero attached hydrogens (tertiary/aromatic N) is 3. The molecule has 0 aliphatic heterocycles. The Labute approximate surface area is 75.2 Å². The van der Waals surface area contributed by atoms with Crippen LogP contribution in [0.2, 0.25) is 0 Å². The van der Waals surface area contributed by atoms with Crippen LogP contribution in [0.5, 0.6) is 0 Å². The van der Waals surface area contributed by atoms with E-state index in [0.29, 0.717) is 13.3 Å². The summed E-state index contributed by atoms with van der Waals surface area (Å²) in [6.07, 6.45) is 6.31. The Balaban J connectivity index is 2.31. The van der Waals surface area contributed by atoms with E-state index in [1.165, 1.54) is 19.3 Å². The molecule has 1 aromatic rings. The zero-order chi connectivity index (χ0) is 9.52. The van der Waals surface area contributed by atoms with Gasteiger partial charge in [0.05, 0.1) is 5.69 Å². The van der Waals surface area contributed by atoms with Crippen molar-refractivity contribution in [3.8, 4) is 0 Å². The van der Waals surface area contributed by atoms with Crippen LogP contribution in [0.15, 0.2) is 6.20 Å². The first-order valence-electron chi connectivity index (χ1n) is 5.25. The second-order valence-corrected chi connectivity index (χ2v) is 2.93. The molecule has 68 valence electrons. The van der Waals surface area contributed by atoms with E-state index in [2.05, 4.69) is 17.2 Å². The van der Waals surface area contributed by atoms with Crippen molar-refractivity contribution in [3.05, 3.63) is 11.9 Å². The van der Waals surface area contributed by atoms with Gasteiger partial charge in [-0.25, -0.2) is 0 Å². The lowest BCUT2D eigenvalue weighted by molar-refractivity contribution is 0.537. The molecule has 3 nitrogen and oxygen atoms in total. The molecule has 0 unspecified atom stereocenters. The molecule has 0 spiro atoms. The van der Waals surface area contributed by atoms with E-state index in [4.69, 9.17) is 1.37 Å². The fraction of sp³-hybridized carbons (Fsp3) is 0.778. The zero-order valence-electron chi connectivity index (χ0n) is 8.66. The molecule has 0 aliphatic carbocycles. The molecule has 0 saturated heterocycles. The van der Waals surface area contributed by atoms with Crippen molar-refractivity contribution >= 4 is 0 Å². The number of rotatable bonds is 5. The fourth-order valence-electron chi connectivity index (χ4n) is 1.09. The van der Waals surface area contributed by atoms with Gasteiger partial charge in [-0.2, -0.15) is 0 Å². The number of unbranched alkanes of at least 4 members (excludes halogenated alkanes) is 2. The van der Waals surface area contributed by atoms with Crippen molar-refractivity contribution in [2.24, 2.45) is 0 Å². The minimum atomic E-state index is 0.396. The second-order valence-electron chi connectivity index (χ2n) is 2.93. The topological polar surface area (TPSA) is 30.7 Å². The van der Waals surface area contributed by atoms with Gasteiger partial charge < -0.3 is 0 Å². The molecule has 0 N–H and O–H groups in total. The summed E-state index contributed by atoms with van der Waals surface area (Å²) in [5, 5.41) is 7.97. The lowest BCUT2D eigenvalue weighted by Gasteiger charge is -1.96. The monoisotopic (exact) mass is 169 g/mol. The smallest absolute Gasteiger partial charge is 0.0824 e. The molecule has 0 saturated carbocycles. The van der Waals surface area contributed by atoms with Crippen molar-refractivity contribution in [2.45, 2.75) is 46.1 Å². The molecule has 0 aliphatic rings. The molecule has 0 atom stereocenters. The largest absolute Gasteiger partial charge is 0.252 e. The van der Waals surface area contributed by atoms with Crippen LogP contribution in [-0.2, 0) is 13.0 Å². The Bertz CT molecular complexity index is 235. The molecule has 1 rings (SSSR count). The standard InChI is InChI=1S/C9H17N3/c1-3-5-6-7-12-8-9(4-2)10-11-12/h8H,3-7H2,1-2H3/i2T. The molecule has 12 heavy (non-hydrogen) atoms. The lowest BCUT2D eigenvalue weighted by Crippen LogP contribution is -1.98. The molecule has 0 bridgehead atoms. The number of aryl methyl sites for hydroxylation is 2. The van der Waals surface area contributed by atoms with E-state index in [1.54, 1.807) is 0 Å². The summed E-state index contributed by atoms with van der Waals surface area (Å²) in [6.45, 7) is 3.54. The first kappa shape index (κ1) is 7.77. The second kappa shape index (κ2) is 4.91. The van der Waals surface area contributed by atoms with E-state index >= 15 is 0 Å². The Hall–Kier alpha value is -0.860. The van der Waals surface area contributed by atoms with Gasteiger partial charge in [0.15, 0.2) is 0 Å². The maximum Gasteiger partial charge on any atom is 0.0824 e. The summed E-state index contributed by atoms with van der Waals surface area (Å²) in [5.41, 5.74) is 0.937. The van der Waals surface area contributed by atoms with Gasteiger partial charge >= 0.3 is 0 Å². The van der Waals surface area contributed by atoms with Crippen molar-refractivity contribution in [2.75, 3.05) is 0 Å². The zero-order valence-corrected chi connectivity index (χ0v) is 7.66. The maximum atomic E-state index is 7.04. The molecule has 0 amide bonds. The van der Waals surface area contributed by atoms with Crippen molar-refractivity contribution in [1.82, 2.24) is 15.0 Å². The summed E-state index contributed by atoms with van der Waals surface area (Å²) in [7, 11) is 0. The average molecular weight is 169 g/mol. The van der Waals surface area contributed by atoms with Gasteiger partial charge in [0.25, 0.3) is 0 Å². The molecule has 1 heterocycles. The lowest BCUT2D eigenvalue weighted by atomic mass is 10.2. The molecular formula is C9H17N3. The third-order valence-electron chi connectivity index (χ3n) is 1.83. The molecular weight excluding hydrogens is 150 g/mol. The molecule has 0 radical (unpaired) electrons. The summed E-state index contributed by atoms with van der Waals surface area (Å²) >= 11 is 0. The Morgan fingerprint density at radius 1 is 1.58 bits per heavy atom. The predicted octanol–water partition coefficient (Wildman–Crippen LogP) is 2.03. The van der Waals surface area contributed by atoms with Crippen LogP contribution >= 0.6 is 0 Å².